The predicted octanol–water partition coefficient (Wildman–Crippen LogP) is 4.97. The second-order valence-corrected chi connectivity index (χ2v) is 12.6. The molecule has 0 aromatic heterocycles. The van der Waals surface area contributed by atoms with Crippen molar-refractivity contribution in [3.05, 3.63) is 95.5 Å². The van der Waals surface area contributed by atoms with Crippen LogP contribution >= 0.6 is 11.6 Å². The molecule has 0 atom stereocenters. The van der Waals surface area contributed by atoms with Crippen LogP contribution in [-0.4, -0.2) is 43.1 Å². The number of nitrogens with one attached hydrogen (secondary N) is 3. The first-order valence-corrected chi connectivity index (χ1v) is 15.7. The van der Waals surface area contributed by atoms with Gasteiger partial charge in [-0.3, -0.25) is 14.2 Å². The van der Waals surface area contributed by atoms with Gasteiger partial charge in [-0.25, -0.2) is 16.8 Å². The van der Waals surface area contributed by atoms with Gasteiger partial charge in [0.2, 0.25) is 0 Å². The van der Waals surface area contributed by atoms with E-state index in [1.807, 2.05) is 0 Å². The Balaban J connectivity index is 1.28. The zero-order valence-electron chi connectivity index (χ0n) is 22.0. The number of para-hydroxylation sites is 2. The van der Waals surface area contributed by atoms with Crippen LogP contribution in [0, 0.1) is 0 Å². The topological polar surface area (TPSA) is 149 Å². The molecule has 5 rings (SSSR count). The van der Waals surface area contributed by atoms with E-state index in [4.69, 9.17) is 25.8 Å². The van der Waals surface area contributed by atoms with Gasteiger partial charge in [-0.15, -0.1) is 0 Å². The largest absolute Gasteiger partial charge is 0.495 e. The summed E-state index contributed by atoms with van der Waals surface area (Å²) in [5.74, 6) is 0.567. The zero-order valence-corrected chi connectivity index (χ0v) is 24.3. The third-order valence-electron chi connectivity index (χ3n) is 6.05. The van der Waals surface area contributed by atoms with Crippen LogP contribution in [0.4, 0.5) is 17.1 Å². The molecular formula is C28H24ClN3O8S2. The van der Waals surface area contributed by atoms with E-state index in [1.165, 1.54) is 73.8 Å². The number of methoxy groups -OCH3 is 1. The lowest BCUT2D eigenvalue weighted by Gasteiger charge is -2.19. The van der Waals surface area contributed by atoms with Crippen molar-refractivity contribution >= 4 is 54.6 Å². The van der Waals surface area contributed by atoms with E-state index in [0.717, 1.165) is 0 Å². The molecule has 0 aliphatic carbocycles. The number of ether oxygens (including phenoxy) is 3. The molecule has 0 radical (unpaired) electrons. The molecule has 4 aromatic carbocycles. The van der Waals surface area contributed by atoms with Gasteiger partial charge in [0.15, 0.2) is 11.5 Å². The fraction of sp³-hybridized carbons (Fsp3) is 0.107. The van der Waals surface area contributed by atoms with Crippen LogP contribution in [0.15, 0.2) is 94.7 Å². The maximum Gasteiger partial charge on any atom is 0.263 e. The van der Waals surface area contributed by atoms with Gasteiger partial charge in [0.05, 0.1) is 22.7 Å². The lowest BCUT2D eigenvalue weighted by atomic mass is 10.2. The Morgan fingerprint density at radius 3 is 2.21 bits per heavy atom. The molecule has 0 unspecified atom stereocenters. The molecule has 14 heteroatoms. The van der Waals surface area contributed by atoms with Gasteiger partial charge in [-0.2, -0.15) is 0 Å². The number of anilines is 3. The molecule has 1 aliphatic heterocycles. The number of hydrogen-bond acceptors (Lipinski definition) is 8. The monoisotopic (exact) mass is 629 g/mol. The summed E-state index contributed by atoms with van der Waals surface area (Å²) in [6.45, 7) is 0.705. The molecule has 4 aromatic rings. The van der Waals surface area contributed by atoms with Crippen LogP contribution in [-0.2, 0) is 20.0 Å². The normalized spacial score (nSPS) is 12.7. The standard InChI is InChI=1S/C28H24ClN3O8S2/c1-38-24-5-3-2-4-23(24)32-42(36,37)27-16-20(10-12-22(27)29)30-28(33)18-6-8-19(9-7-18)31-41(34,35)21-11-13-25-26(17-21)40-15-14-39-25/h2-13,16-17,31-32H,14-15H2,1H3,(H,30,33). The van der Waals surface area contributed by atoms with Gasteiger partial charge in [0.1, 0.15) is 23.9 Å². The van der Waals surface area contributed by atoms with Crippen LogP contribution in [0.3, 0.4) is 0 Å². The fourth-order valence-electron chi connectivity index (χ4n) is 4.01. The second-order valence-electron chi connectivity index (χ2n) is 8.89. The van der Waals surface area contributed by atoms with Crippen molar-refractivity contribution in [2.24, 2.45) is 0 Å². The zero-order chi connectivity index (χ0) is 29.9. The lowest BCUT2D eigenvalue weighted by Crippen LogP contribution is -2.17. The number of rotatable bonds is 9. The molecule has 0 spiro atoms. The highest BCUT2D eigenvalue weighted by Gasteiger charge is 2.22. The summed E-state index contributed by atoms with van der Waals surface area (Å²) in [5, 5.41) is 2.58. The smallest absolute Gasteiger partial charge is 0.263 e. The molecule has 0 saturated carbocycles. The number of sulfonamides is 2. The summed E-state index contributed by atoms with van der Waals surface area (Å²) in [5.41, 5.74) is 0.816. The Morgan fingerprint density at radius 1 is 0.786 bits per heavy atom. The van der Waals surface area contributed by atoms with E-state index in [1.54, 1.807) is 18.2 Å². The number of amides is 1. The molecule has 0 bridgehead atoms. The molecule has 0 fully saturated rings. The van der Waals surface area contributed by atoms with E-state index < -0.39 is 26.0 Å². The molecule has 3 N–H and O–H groups in total. The van der Waals surface area contributed by atoms with Crippen molar-refractivity contribution < 1.29 is 35.8 Å². The van der Waals surface area contributed by atoms with Gasteiger partial charge in [-0.05, 0) is 66.7 Å². The predicted molar refractivity (Wildman–Crippen MR) is 158 cm³/mol. The highest BCUT2D eigenvalue weighted by Crippen LogP contribution is 2.33. The van der Waals surface area contributed by atoms with E-state index >= 15 is 0 Å². The highest BCUT2D eigenvalue weighted by molar-refractivity contribution is 7.93. The van der Waals surface area contributed by atoms with Crippen molar-refractivity contribution in [3.63, 3.8) is 0 Å². The minimum atomic E-state index is -4.14. The first-order valence-electron chi connectivity index (χ1n) is 12.3. The van der Waals surface area contributed by atoms with Crippen molar-refractivity contribution in [3.8, 4) is 17.2 Å². The maximum absolute atomic E-state index is 13.1. The molecule has 218 valence electrons. The van der Waals surface area contributed by atoms with Crippen molar-refractivity contribution in [2.75, 3.05) is 35.1 Å². The van der Waals surface area contributed by atoms with E-state index in [2.05, 4.69) is 14.8 Å². The molecule has 1 amide bonds. The van der Waals surface area contributed by atoms with Gasteiger partial charge in [0.25, 0.3) is 26.0 Å². The molecular weight excluding hydrogens is 606 g/mol. The Hall–Kier alpha value is -4.46. The van der Waals surface area contributed by atoms with Crippen molar-refractivity contribution in [2.45, 2.75) is 9.79 Å². The summed E-state index contributed by atoms with van der Waals surface area (Å²) in [6.07, 6.45) is 0. The summed E-state index contributed by atoms with van der Waals surface area (Å²) in [4.78, 5) is 12.6. The molecule has 42 heavy (non-hydrogen) atoms. The van der Waals surface area contributed by atoms with Crippen LogP contribution < -0.4 is 29.0 Å². The number of carbonyl (C=O) groups is 1. The summed E-state index contributed by atoms with van der Waals surface area (Å²) in [7, 11) is -6.68. The van der Waals surface area contributed by atoms with Gasteiger partial charge in [0, 0.05) is 23.0 Å². The van der Waals surface area contributed by atoms with E-state index in [-0.39, 0.29) is 37.4 Å². The van der Waals surface area contributed by atoms with Crippen LogP contribution in [0.25, 0.3) is 0 Å². The first kappa shape index (κ1) is 29.0. The lowest BCUT2D eigenvalue weighted by molar-refractivity contribution is 0.102. The Kier molecular flexibility index (Phi) is 8.16. The Bertz CT molecular complexity index is 1860. The van der Waals surface area contributed by atoms with Crippen molar-refractivity contribution in [1.29, 1.82) is 0 Å². The maximum atomic E-state index is 13.1. The average Bonchev–Trinajstić information content (AvgIpc) is 2.98. The number of fused-ring (bicyclic) bond motifs is 1. The minimum absolute atomic E-state index is 0.0118. The molecule has 1 aliphatic rings. The molecule has 11 nitrogen and oxygen atoms in total. The number of halogens is 1. The third kappa shape index (κ3) is 6.38. The van der Waals surface area contributed by atoms with Crippen LogP contribution in [0.5, 0.6) is 17.2 Å². The van der Waals surface area contributed by atoms with Gasteiger partial charge >= 0.3 is 0 Å². The van der Waals surface area contributed by atoms with Crippen LogP contribution in [0.2, 0.25) is 5.02 Å². The molecule has 1 heterocycles. The van der Waals surface area contributed by atoms with Crippen molar-refractivity contribution in [1.82, 2.24) is 0 Å². The minimum Gasteiger partial charge on any atom is -0.495 e. The molecule has 0 saturated heterocycles. The Labute approximate surface area is 247 Å². The van der Waals surface area contributed by atoms with Crippen LogP contribution in [0.1, 0.15) is 10.4 Å². The Morgan fingerprint density at radius 2 is 1.48 bits per heavy atom. The third-order valence-corrected chi connectivity index (χ3v) is 9.28. The van der Waals surface area contributed by atoms with Gasteiger partial charge < -0.3 is 19.5 Å². The summed E-state index contributed by atoms with van der Waals surface area (Å²) < 4.78 is 72.9. The SMILES string of the molecule is COc1ccccc1NS(=O)(=O)c1cc(NC(=O)c2ccc(NS(=O)(=O)c3ccc4c(c3)OCCO4)cc2)ccc1Cl. The fourth-order valence-corrected chi connectivity index (χ4v) is 6.68. The average molecular weight is 630 g/mol. The summed E-state index contributed by atoms with van der Waals surface area (Å²) in [6, 6.07) is 20.5. The number of hydrogen-bond donors (Lipinski definition) is 3. The first-order chi connectivity index (χ1) is 20.1. The highest BCUT2D eigenvalue weighted by atomic mass is 35.5. The number of benzene rings is 4. The second kappa shape index (κ2) is 11.8. The number of carbonyl (C=O) groups excluding carboxylic acids is 1. The van der Waals surface area contributed by atoms with E-state index in [9.17, 15) is 21.6 Å². The van der Waals surface area contributed by atoms with Gasteiger partial charge in [-0.1, -0.05) is 23.7 Å². The summed E-state index contributed by atoms with van der Waals surface area (Å²) >= 11 is 6.19. The quantitative estimate of drug-likeness (QED) is 0.235. The van der Waals surface area contributed by atoms with E-state index in [0.29, 0.717) is 30.5 Å².